The van der Waals surface area contributed by atoms with Crippen LogP contribution in [0.5, 0.6) is 5.75 Å². The van der Waals surface area contributed by atoms with Gasteiger partial charge in [0.05, 0.1) is 22.8 Å². The monoisotopic (exact) mass is 478 g/mol. The van der Waals surface area contributed by atoms with Crippen LogP contribution in [0.1, 0.15) is 21.7 Å². The lowest BCUT2D eigenvalue weighted by Gasteiger charge is -2.26. The van der Waals surface area contributed by atoms with Crippen molar-refractivity contribution in [3.8, 4) is 5.75 Å². The molecular weight excluding hydrogens is 454 g/mol. The molecule has 1 aliphatic heterocycles. The van der Waals surface area contributed by atoms with E-state index in [1.54, 1.807) is 29.7 Å². The molecule has 0 bridgehead atoms. The van der Waals surface area contributed by atoms with Crippen molar-refractivity contribution in [2.24, 2.45) is 0 Å². The van der Waals surface area contributed by atoms with Gasteiger partial charge in [0.15, 0.2) is 21.2 Å². The molecule has 0 unspecified atom stereocenters. The second-order valence-electron chi connectivity index (χ2n) is 7.85. The van der Waals surface area contributed by atoms with E-state index in [9.17, 15) is 22.0 Å². The fourth-order valence-corrected chi connectivity index (χ4v) is 5.02. The Kier molecular flexibility index (Phi) is 6.61. The Balaban J connectivity index is 1.44. The number of fused-ring (bicyclic) bond motifs is 1. The third kappa shape index (κ3) is 5.14. The van der Waals surface area contributed by atoms with Crippen molar-refractivity contribution in [3.63, 3.8) is 0 Å². The Morgan fingerprint density at radius 1 is 1.15 bits per heavy atom. The minimum absolute atomic E-state index is 0.132. The number of hydrogen-bond donors (Lipinski definition) is 1. The lowest BCUT2D eigenvalue weighted by molar-refractivity contribution is 0.0942. The second-order valence-corrected chi connectivity index (χ2v) is 10.2. The number of aryl methyl sites for hydroxylation is 1. The number of carbonyl (C=O) groups excluding carboxylic acids is 1. The number of pyridine rings is 1. The molecule has 4 rings (SSSR count). The van der Waals surface area contributed by atoms with E-state index in [1.807, 2.05) is 4.90 Å². The van der Waals surface area contributed by atoms with Crippen molar-refractivity contribution in [2.45, 2.75) is 13.5 Å². The predicted molar refractivity (Wildman–Crippen MR) is 118 cm³/mol. The summed E-state index contributed by atoms with van der Waals surface area (Å²) in [6, 6.07) is 6.88. The first-order valence-corrected chi connectivity index (χ1v) is 12.3. The average Bonchev–Trinajstić information content (AvgIpc) is 3.11. The number of rotatable bonds is 7. The lowest BCUT2D eigenvalue weighted by Crippen LogP contribution is -2.44. The van der Waals surface area contributed by atoms with Gasteiger partial charge in [-0.3, -0.25) is 14.1 Å². The molecule has 1 N–H and O–H groups in total. The van der Waals surface area contributed by atoms with Gasteiger partial charge in [0, 0.05) is 32.4 Å². The average molecular weight is 479 g/mol. The molecule has 3 heterocycles. The highest BCUT2D eigenvalue weighted by atomic mass is 32.2. The number of ether oxygens (including phenoxy) is 1. The lowest BCUT2D eigenvalue weighted by atomic mass is 10.2. The molecule has 1 aliphatic rings. The van der Waals surface area contributed by atoms with E-state index in [4.69, 9.17) is 4.74 Å². The first-order valence-electron chi connectivity index (χ1n) is 10.5. The van der Waals surface area contributed by atoms with Gasteiger partial charge >= 0.3 is 0 Å². The fraction of sp³-hybridized carbons (Fsp3) is 0.364. The number of hydrogen-bond acceptors (Lipinski definition) is 6. The molecule has 0 aliphatic carbocycles. The van der Waals surface area contributed by atoms with E-state index >= 15 is 0 Å². The van der Waals surface area contributed by atoms with E-state index in [-0.39, 0.29) is 35.3 Å². The Hall–Kier alpha value is -3.05. The number of imidazole rings is 1. The highest BCUT2D eigenvalue weighted by Crippen LogP contribution is 2.24. The van der Waals surface area contributed by atoms with Gasteiger partial charge in [-0.05, 0) is 31.2 Å². The molecule has 1 amide bonds. The van der Waals surface area contributed by atoms with Crippen LogP contribution in [0.25, 0.3) is 5.65 Å². The molecule has 176 valence electrons. The van der Waals surface area contributed by atoms with E-state index in [0.717, 1.165) is 12.1 Å². The van der Waals surface area contributed by atoms with E-state index < -0.39 is 21.5 Å². The van der Waals surface area contributed by atoms with Crippen LogP contribution in [0.4, 0.5) is 8.78 Å². The van der Waals surface area contributed by atoms with Crippen molar-refractivity contribution in [2.75, 3.05) is 37.7 Å². The third-order valence-electron chi connectivity index (χ3n) is 5.59. The van der Waals surface area contributed by atoms with Crippen molar-refractivity contribution in [1.29, 1.82) is 0 Å². The Bertz CT molecular complexity index is 1260. The van der Waals surface area contributed by atoms with Gasteiger partial charge in [0.1, 0.15) is 23.9 Å². The molecule has 1 aromatic carbocycles. The summed E-state index contributed by atoms with van der Waals surface area (Å²) in [6.45, 7) is 3.18. The molecule has 33 heavy (non-hydrogen) atoms. The maximum Gasteiger partial charge on any atom is 0.270 e. The molecule has 1 saturated heterocycles. The minimum atomic E-state index is -2.95. The zero-order valence-corrected chi connectivity index (χ0v) is 18.9. The molecule has 0 saturated carbocycles. The third-order valence-corrected chi connectivity index (χ3v) is 7.20. The number of nitrogens with zero attached hydrogens (tertiary/aromatic N) is 3. The van der Waals surface area contributed by atoms with Crippen LogP contribution in [0.15, 0.2) is 36.5 Å². The molecular formula is C22H24F2N4O4S. The van der Waals surface area contributed by atoms with E-state index in [1.165, 1.54) is 6.07 Å². The number of amides is 1. The van der Waals surface area contributed by atoms with Crippen LogP contribution in [-0.4, -0.2) is 66.3 Å². The molecule has 0 radical (unpaired) electrons. The van der Waals surface area contributed by atoms with Crippen molar-refractivity contribution >= 4 is 21.4 Å². The van der Waals surface area contributed by atoms with Crippen LogP contribution in [0.2, 0.25) is 0 Å². The number of sulfone groups is 1. The molecule has 0 atom stereocenters. The van der Waals surface area contributed by atoms with Crippen LogP contribution in [0, 0.1) is 18.6 Å². The summed E-state index contributed by atoms with van der Waals surface area (Å²) in [7, 11) is -2.95. The SMILES string of the molecule is Cc1nc2c(OCc3c(F)cccc3F)cccn2c1C(=O)NCCN1CCS(=O)(=O)CC1. The molecule has 1 fully saturated rings. The molecule has 0 spiro atoms. The van der Waals surface area contributed by atoms with Crippen molar-refractivity contribution in [1.82, 2.24) is 19.6 Å². The molecule has 8 nitrogen and oxygen atoms in total. The van der Waals surface area contributed by atoms with Gasteiger partial charge in [-0.1, -0.05) is 6.07 Å². The van der Waals surface area contributed by atoms with E-state index in [2.05, 4.69) is 10.3 Å². The fourth-order valence-electron chi connectivity index (χ4n) is 3.75. The summed E-state index contributed by atoms with van der Waals surface area (Å²) in [5.74, 6) is -1.18. The first kappa shape index (κ1) is 23.1. The number of halogens is 2. The standard InChI is InChI=1S/C22H24F2N4O4S/c1-15-20(22(29)25-7-9-27-10-12-33(30,31)13-11-27)28-8-3-6-19(21(28)26-15)32-14-16-17(23)4-2-5-18(16)24/h2-6,8H,7,9-14H2,1H3,(H,25,29). The van der Waals surface area contributed by atoms with Gasteiger partial charge in [0.2, 0.25) is 0 Å². The van der Waals surface area contributed by atoms with Crippen molar-refractivity contribution < 1.29 is 26.7 Å². The first-order chi connectivity index (χ1) is 15.7. The largest absolute Gasteiger partial charge is 0.485 e. The Labute approximate surface area is 190 Å². The summed E-state index contributed by atoms with van der Waals surface area (Å²) in [5, 5.41) is 2.85. The summed E-state index contributed by atoms with van der Waals surface area (Å²) in [5.41, 5.74) is 0.975. The quantitative estimate of drug-likeness (QED) is 0.558. The maximum absolute atomic E-state index is 13.9. The Morgan fingerprint density at radius 2 is 1.85 bits per heavy atom. The van der Waals surface area contributed by atoms with Crippen molar-refractivity contribution in [3.05, 3.63) is 65.1 Å². The van der Waals surface area contributed by atoms with Crippen LogP contribution < -0.4 is 10.1 Å². The van der Waals surface area contributed by atoms with Gasteiger partial charge in [-0.2, -0.15) is 0 Å². The Morgan fingerprint density at radius 3 is 2.55 bits per heavy atom. The molecule has 11 heteroatoms. The van der Waals surface area contributed by atoms with Gasteiger partial charge in [-0.25, -0.2) is 22.2 Å². The second kappa shape index (κ2) is 9.44. The number of aromatic nitrogens is 2. The minimum Gasteiger partial charge on any atom is -0.485 e. The maximum atomic E-state index is 13.9. The smallest absolute Gasteiger partial charge is 0.270 e. The predicted octanol–water partition coefficient (Wildman–Crippen LogP) is 1.96. The number of carbonyl (C=O) groups is 1. The van der Waals surface area contributed by atoms with Crippen LogP contribution in [-0.2, 0) is 16.4 Å². The topological polar surface area (TPSA) is 93.0 Å². The van der Waals surface area contributed by atoms with E-state index in [0.29, 0.717) is 43.2 Å². The number of nitrogens with one attached hydrogen (secondary N) is 1. The van der Waals surface area contributed by atoms with Gasteiger partial charge in [0.25, 0.3) is 5.91 Å². The van der Waals surface area contributed by atoms with Crippen LogP contribution >= 0.6 is 0 Å². The molecule has 3 aromatic rings. The zero-order valence-electron chi connectivity index (χ0n) is 18.1. The zero-order chi connectivity index (χ0) is 23.6. The highest BCUT2D eigenvalue weighted by Gasteiger charge is 2.22. The summed E-state index contributed by atoms with van der Waals surface area (Å²) < 4.78 is 58.1. The van der Waals surface area contributed by atoms with Gasteiger partial charge in [-0.15, -0.1) is 0 Å². The summed E-state index contributed by atoms with van der Waals surface area (Å²) in [6.07, 6.45) is 1.66. The normalized spacial score (nSPS) is 16.1. The highest BCUT2D eigenvalue weighted by molar-refractivity contribution is 7.91. The summed E-state index contributed by atoms with van der Waals surface area (Å²) >= 11 is 0. The summed E-state index contributed by atoms with van der Waals surface area (Å²) in [4.78, 5) is 19.3. The molecule has 2 aromatic heterocycles. The van der Waals surface area contributed by atoms with Crippen LogP contribution in [0.3, 0.4) is 0 Å². The van der Waals surface area contributed by atoms with Gasteiger partial charge < -0.3 is 10.1 Å². The number of benzene rings is 1.